The predicted molar refractivity (Wildman–Crippen MR) is 181 cm³/mol. The van der Waals surface area contributed by atoms with Gasteiger partial charge in [-0.25, -0.2) is 0 Å². The van der Waals surface area contributed by atoms with E-state index in [-0.39, 0.29) is 31.1 Å². The van der Waals surface area contributed by atoms with E-state index < -0.39 is 47.9 Å². The van der Waals surface area contributed by atoms with Gasteiger partial charge in [0.2, 0.25) is 17.7 Å². The van der Waals surface area contributed by atoms with Crippen molar-refractivity contribution in [2.45, 2.75) is 89.0 Å². The summed E-state index contributed by atoms with van der Waals surface area (Å²) in [5.41, 5.74) is 0.855. The van der Waals surface area contributed by atoms with E-state index in [1.807, 2.05) is 44.3 Å². The Morgan fingerprint density at radius 1 is 0.957 bits per heavy atom. The molecule has 1 fully saturated rings. The number of amides is 3. The number of nitrogens with zero attached hydrogens (tertiary/aromatic N) is 2. The van der Waals surface area contributed by atoms with Crippen molar-refractivity contribution in [2.24, 2.45) is 17.8 Å². The quantitative estimate of drug-likeness (QED) is 0.184. The summed E-state index contributed by atoms with van der Waals surface area (Å²) in [5.74, 6) is 4.09. The number of nitrogens with one attached hydrogen (secondary N) is 2. The van der Waals surface area contributed by atoms with Crippen LogP contribution in [0.25, 0.3) is 0 Å². The van der Waals surface area contributed by atoms with E-state index in [9.17, 15) is 24.6 Å². The van der Waals surface area contributed by atoms with Gasteiger partial charge in [-0.2, -0.15) is 0 Å². The van der Waals surface area contributed by atoms with Crippen molar-refractivity contribution < 1.29 is 24.6 Å². The SMILES string of the molecule is C#CCC(O)[C@H](O)C(CC1CCCCC1)NC(=O)[C@@H](NC(=O)C(CC(=O)N(C)CCN(C)CC)Cc1ccccc1)C(C#C)C#C. The first-order valence-corrected chi connectivity index (χ1v) is 16.3. The van der Waals surface area contributed by atoms with Crippen LogP contribution < -0.4 is 10.6 Å². The van der Waals surface area contributed by atoms with E-state index in [1.165, 1.54) is 0 Å². The van der Waals surface area contributed by atoms with Gasteiger partial charge in [-0.15, -0.1) is 25.2 Å². The molecule has 46 heavy (non-hydrogen) atoms. The van der Waals surface area contributed by atoms with Crippen molar-refractivity contribution in [1.29, 1.82) is 0 Å². The van der Waals surface area contributed by atoms with Gasteiger partial charge in [0.05, 0.1) is 18.1 Å². The first kappa shape index (κ1) is 38.4. The first-order chi connectivity index (χ1) is 22.0. The van der Waals surface area contributed by atoms with Crippen LogP contribution >= 0.6 is 0 Å². The molecule has 250 valence electrons. The van der Waals surface area contributed by atoms with Crippen LogP contribution in [0, 0.1) is 54.8 Å². The number of aliphatic hydroxyl groups excluding tert-OH is 2. The van der Waals surface area contributed by atoms with Gasteiger partial charge in [-0.3, -0.25) is 14.4 Å². The first-order valence-electron chi connectivity index (χ1n) is 16.3. The predicted octanol–water partition coefficient (Wildman–Crippen LogP) is 2.21. The summed E-state index contributed by atoms with van der Waals surface area (Å²) in [4.78, 5) is 44.7. The van der Waals surface area contributed by atoms with E-state index in [0.29, 0.717) is 19.5 Å². The van der Waals surface area contributed by atoms with Gasteiger partial charge < -0.3 is 30.6 Å². The number of hydrogen-bond donors (Lipinski definition) is 4. The molecule has 1 aromatic carbocycles. The summed E-state index contributed by atoms with van der Waals surface area (Å²) in [6.07, 6.45) is 19.9. The highest BCUT2D eigenvalue weighted by Gasteiger charge is 2.36. The molecule has 9 nitrogen and oxygen atoms in total. The molecule has 1 aliphatic carbocycles. The van der Waals surface area contributed by atoms with Crippen molar-refractivity contribution in [3.05, 3.63) is 35.9 Å². The van der Waals surface area contributed by atoms with Crippen LogP contribution in [0.5, 0.6) is 0 Å². The Labute approximate surface area is 275 Å². The normalized spacial score (nSPS) is 16.6. The lowest BCUT2D eigenvalue weighted by Crippen LogP contribution is -2.57. The average molecular weight is 633 g/mol. The van der Waals surface area contributed by atoms with E-state index in [2.05, 4.69) is 33.3 Å². The number of hydrogen-bond acceptors (Lipinski definition) is 6. The second-order valence-corrected chi connectivity index (χ2v) is 12.4. The van der Waals surface area contributed by atoms with Gasteiger partial charge in [0.15, 0.2) is 0 Å². The number of benzene rings is 1. The minimum absolute atomic E-state index is 0.0838. The zero-order chi connectivity index (χ0) is 34.1. The number of carbonyl (C=O) groups is 3. The average Bonchev–Trinajstić information content (AvgIpc) is 3.06. The van der Waals surface area contributed by atoms with Crippen LogP contribution in [0.15, 0.2) is 30.3 Å². The van der Waals surface area contributed by atoms with Crippen molar-refractivity contribution in [3.8, 4) is 37.0 Å². The Kier molecular flexibility index (Phi) is 17.0. The summed E-state index contributed by atoms with van der Waals surface area (Å²) >= 11 is 0. The van der Waals surface area contributed by atoms with Gasteiger partial charge in [0, 0.05) is 33.0 Å². The molecule has 9 heteroatoms. The standard InChI is InChI=1S/C37H52N4O5/c1-7-17-32(42)35(44)31(25-28-20-15-12-16-21-28)38-37(46)34(29(8-2)9-3)39-36(45)30(24-27-18-13-11-14-19-27)26-33(43)41(6)23-22-40(5)10-4/h1-3,11,13-14,18-19,28-32,34-35,42,44H,10,12,15-17,20-26H2,4-6H3,(H,38,46)(H,39,45)/t30?,31?,32?,34-,35+/m0/s1. The van der Waals surface area contributed by atoms with Gasteiger partial charge in [-0.1, -0.05) is 81.2 Å². The molecule has 1 aliphatic rings. The number of aliphatic hydroxyl groups is 2. The van der Waals surface area contributed by atoms with E-state index in [0.717, 1.165) is 44.2 Å². The van der Waals surface area contributed by atoms with Gasteiger partial charge in [0.25, 0.3) is 0 Å². The topological polar surface area (TPSA) is 122 Å². The Morgan fingerprint density at radius 3 is 2.20 bits per heavy atom. The minimum Gasteiger partial charge on any atom is -0.389 e. The molecule has 1 aromatic rings. The zero-order valence-corrected chi connectivity index (χ0v) is 27.7. The third kappa shape index (κ3) is 12.5. The second-order valence-electron chi connectivity index (χ2n) is 12.4. The molecule has 1 saturated carbocycles. The third-order valence-electron chi connectivity index (χ3n) is 8.95. The minimum atomic E-state index is -1.34. The number of terminal acetylenes is 3. The van der Waals surface area contributed by atoms with E-state index >= 15 is 0 Å². The molecule has 3 amide bonds. The highest BCUT2D eigenvalue weighted by Crippen LogP contribution is 2.29. The molecule has 4 N–H and O–H groups in total. The van der Waals surface area contributed by atoms with E-state index in [4.69, 9.17) is 19.3 Å². The Morgan fingerprint density at radius 2 is 1.61 bits per heavy atom. The van der Waals surface area contributed by atoms with Gasteiger partial charge >= 0.3 is 0 Å². The fraction of sp³-hybridized carbons (Fsp3) is 0.595. The maximum Gasteiger partial charge on any atom is 0.245 e. The maximum atomic E-state index is 13.9. The summed E-state index contributed by atoms with van der Waals surface area (Å²) < 4.78 is 0. The van der Waals surface area contributed by atoms with Gasteiger partial charge in [-0.05, 0) is 37.9 Å². The number of likely N-dealkylation sites (N-methyl/N-ethyl adjacent to an activating group) is 2. The van der Waals surface area contributed by atoms with E-state index in [1.54, 1.807) is 11.9 Å². The lowest BCUT2D eigenvalue weighted by atomic mass is 9.82. The largest absolute Gasteiger partial charge is 0.389 e. The molecule has 2 rings (SSSR count). The zero-order valence-electron chi connectivity index (χ0n) is 27.7. The van der Waals surface area contributed by atoms with Crippen molar-refractivity contribution in [2.75, 3.05) is 33.7 Å². The molecule has 3 unspecified atom stereocenters. The number of rotatable bonds is 18. The maximum absolute atomic E-state index is 13.9. The molecule has 0 aromatic heterocycles. The molecular formula is C37H52N4O5. The Bertz CT molecular complexity index is 1210. The second kappa shape index (κ2) is 20.3. The fourth-order valence-electron chi connectivity index (χ4n) is 5.79. The Hall–Kier alpha value is -3.81. The summed E-state index contributed by atoms with van der Waals surface area (Å²) in [5, 5.41) is 27.1. The summed E-state index contributed by atoms with van der Waals surface area (Å²) in [7, 11) is 3.68. The molecule has 0 spiro atoms. The highest BCUT2D eigenvalue weighted by molar-refractivity contribution is 5.91. The molecule has 0 radical (unpaired) electrons. The smallest absolute Gasteiger partial charge is 0.245 e. The Balaban J connectivity index is 2.31. The van der Waals surface area contributed by atoms with Crippen molar-refractivity contribution in [1.82, 2.24) is 20.4 Å². The fourth-order valence-corrected chi connectivity index (χ4v) is 5.79. The lowest BCUT2D eigenvalue weighted by molar-refractivity contribution is -0.137. The van der Waals surface area contributed by atoms with Crippen LogP contribution in [0.3, 0.4) is 0 Å². The molecule has 0 saturated heterocycles. The van der Waals surface area contributed by atoms with Crippen molar-refractivity contribution >= 4 is 17.7 Å². The lowest BCUT2D eigenvalue weighted by Gasteiger charge is -2.33. The molecule has 0 heterocycles. The summed E-state index contributed by atoms with van der Waals surface area (Å²) in [6.45, 7) is 4.07. The van der Waals surface area contributed by atoms with Crippen LogP contribution in [-0.2, 0) is 20.8 Å². The van der Waals surface area contributed by atoms with Crippen LogP contribution in [0.1, 0.15) is 63.9 Å². The molecule has 0 bridgehead atoms. The van der Waals surface area contributed by atoms with Crippen molar-refractivity contribution in [3.63, 3.8) is 0 Å². The van der Waals surface area contributed by atoms with Crippen LogP contribution in [-0.4, -0.2) is 95.8 Å². The van der Waals surface area contributed by atoms with Gasteiger partial charge in [0.1, 0.15) is 18.1 Å². The summed E-state index contributed by atoms with van der Waals surface area (Å²) in [6, 6.07) is 7.15. The number of carbonyl (C=O) groups excluding carboxylic acids is 3. The molecular weight excluding hydrogens is 580 g/mol. The molecule has 5 atom stereocenters. The van der Waals surface area contributed by atoms with Crippen LogP contribution in [0.4, 0.5) is 0 Å². The third-order valence-corrected chi connectivity index (χ3v) is 8.95. The highest BCUT2D eigenvalue weighted by atomic mass is 16.3. The van der Waals surface area contributed by atoms with Crippen LogP contribution in [0.2, 0.25) is 0 Å². The molecule has 0 aliphatic heterocycles. The monoisotopic (exact) mass is 632 g/mol.